The quantitative estimate of drug-likeness (QED) is 0.640. The van der Waals surface area contributed by atoms with E-state index in [9.17, 15) is 10.1 Å². The highest BCUT2D eigenvalue weighted by molar-refractivity contribution is 9.10. The van der Waals surface area contributed by atoms with E-state index in [0.717, 1.165) is 13.0 Å². The van der Waals surface area contributed by atoms with Gasteiger partial charge < -0.3 is 10.6 Å². The van der Waals surface area contributed by atoms with Crippen molar-refractivity contribution in [2.24, 2.45) is 11.7 Å². The largest absolute Gasteiger partial charge is 0.359 e. The van der Waals surface area contributed by atoms with Crippen LogP contribution in [-0.4, -0.2) is 29.5 Å². The predicted octanol–water partition coefficient (Wildman–Crippen LogP) is 2.56. The molecule has 1 aromatic heterocycles. The van der Waals surface area contributed by atoms with Gasteiger partial charge in [0.15, 0.2) is 0 Å². The molecular weight excluding hydrogens is 312 g/mol. The highest BCUT2D eigenvalue weighted by atomic mass is 79.9. The van der Waals surface area contributed by atoms with Crippen LogP contribution in [0.1, 0.15) is 20.3 Å². The monoisotopic (exact) mass is 330 g/mol. The van der Waals surface area contributed by atoms with Gasteiger partial charge in [-0.3, -0.25) is 10.1 Å². The van der Waals surface area contributed by atoms with Gasteiger partial charge >= 0.3 is 0 Å². The molecular formula is C12H19BrN4O2. The van der Waals surface area contributed by atoms with E-state index in [0.29, 0.717) is 16.2 Å². The van der Waals surface area contributed by atoms with E-state index in [1.54, 1.807) is 0 Å². The van der Waals surface area contributed by atoms with Crippen LogP contribution >= 0.6 is 15.9 Å². The first-order valence-electron chi connectivity index (χ1n) is 6.09. The van der Waals surface area contributed by atoms with Crippen molar-refractivity contribution in [3.63, 3.8) is 0 Å². The lowest BCUT2D eigenvalue weighted by atomic mass is 10.0. The van der Waals surface area contributed by atoms with E-state index in [1.807, 2.05) is 11.9 Å². The summed E-state index contributed by atoms with van der Waals surface area (Å²) in [7, 11) is 1.89. The molecule has 1 atom stereocenters. The summed E-state index contributed by atoms with van der Waals surface area (Å²) in [6, 6.07) is 1.60. The molecule has 0 fully saturated rings. The summed E-state index contributed by atoms with van der Waals surface area (Å²) in [6.07, 6.45) is 2.11. The molecule has 0 aliphatic heterocycles. The summed E-state index contributed by atoms with van der Waals surface area (Å²) in [5.74, 6) is 1.11. The zero-order valence-corrected chi connectivity index (χ0v) is 12.9. The summed E-state index contributed by atoms with van der Waals surface area (Å²) in [6.45, 7) is 4.93. The average Bonchev–Trinajstić information content (AvgIpc) is 2.34. The third-order valence-electron chi connectivity index (χ3n) is 3.03. The third kappa shape index (κ3) is 4.43. The number of pyridine rings is 1. The molecule has 106 valence electrons. The molecule has 7 heteroatoms. The Bertz CT molecular complexity index is 453. The van der Waals surface area contributed by atoms with Crippen LogP contribution in [0.4, 0.5) is 11.5 Å². The molecule has 1 unspecified atom stereocenters. The van der Waals surface area contributed by atoms with Gasteiger partial charge in [-0.1, -0.05) is 13.8 Å². The van der Waals surface area contributed by atoms with Gasteiger partial charge in [0.05, 0.1) is 9.40 Å². The fraction of sp³-hybridized carbons (Fsp3) is 0.583. The van der Waals surface area contributed by atoms with Gasteiger partial charge in [-0.25, -0.2) is 4.98 Å². The van der Waals surface area contributed by atoms with Crippen LogP contribution in [0.15, 0.2) is 16.7 Å². The Balaban J connectivity index is 2.72. The van der Waals surface area contributed by atoms with Crippen LogP contribution in [0.5, 0.6) is 0 Å². The number of nitrogens with zero attached hydrogens (tertiary/aromatic N) is 3. The maximum atomic E-state index is 10.6. The Morgan fingerprint density at radius 1 is 1.58 bits per heavy atom. The number of aromatic nitrogens is 1. The molecule has 2 N–H and O–H groups in total. The highest BCUT2D eigenvalue weighted by Gasteiger charge is 2.15. The zero-order valence-electron chi connectivity index (χ0n) is 11.3. The molecule has 1 heterocycles. The molecule has 0 radical (unpaired) electrons. The van der Waals surface area contributed by atoms with Crippen molar-refractivity contribution >= 4 is 27.4 Å². The summed E-state index contributed by atoms with van der Waals surface area (Å²) in [5.41, 5.74) is 5.97. The van der Waals surface area contributed by atoms with Gasteiger partial charge in [0, 0.05) is 25.7 Å². The second-order valence-electron chi connectivity index (χ2n) is 4.87. The van der Waals surface area contributed by atoms with Crippen LogP contribution in [0.3, 0.4) is 0 Å². The van der Waals surface area contributed by atoms with Gasteiger partial charge in [-0.05, 0) is 28.3 Å². The molecule has 1 aromatic rings. The van der Waals surface area contributed by atoms with Crippen molar-refractivity contribution in [1.29, 1.82) is 0 Å². The van der Waals surface area contributed by atoms with Crippen molar-refractivity contribution in [2.75, 3.05) is 18.5 Å². The van der Waals surface area contributed by atoms with Crippen molar-refractivity contribution in [2.45, 2.75) is 26.3 Å². The first kappa shape index (κ1) is 15.8. The molecule has 19 heavy (non-hydrogen) atoms. The Labute approximate surface area is 121 Å². The zero-order chi connectivity index (χ0) is 14.6. The molecule has 0 aromatic carbocycles. The SMILES string of the molecule is CC(C)C(N)CCN(C)c1ncc([N+](=O)[O-])cc1Br. The van der Waals surface area contributed by atoms with Gasteiger partial charge in [-0.15, -0.1) is 0 Å². The van der Waals surface area contributed by atoms with E-state index in [1.165, 1.54) is 12.3 Å². The minimum absolute atomic E-state index is 0.0251. The number of anilines is 1. The van der Waals surface area contributed by atoms with Gasteiger partial charge in [0.25, 0.3) is 5.69 Å². The smallest absolute Gasteiger partial charge is 0.288 e. The van der Waals surface area contributed by atoms with Crippen LogP contribution in [0, 0.1) is 16.0 Å². The number of hydrogen-bond acceptors (Lipinski definition) is 5. The topological polar surface area (TPSA) is 85.3 Å². The number of halogens is 1. The van der Waals surface area contributed by atoms with Crippen molar-refractivity contribution in [1.82, 2.24) is 4.98 Å². The van der Waals surface area contributed by atoms with Crippen LogP contribution < -0.4 is 10.6 Å². The minimum atomic E-state index is -0.462. The maximum Gasteiger partial charge on any atom is 0.288 e. The van der Waals surface area contributed by atoms with Crippen molar-refractivity contribution in [3.8, 4) is 0 Å². The van der Waals surface area contributed by atoms with Crippen molar-refractivity contribution in [3.05, 3.63) is 26.9 Å². The molecule has 0 saturated carbocycles. The van der Waals surface area contributed by atoms with Gasteiger partial charge in [0.1, 0.15) is 12.0 Å². The Morgan fingerprint density at radius 3 is 2.68 bits per heavy atom. The first-order chi connectivity index (χ1) is 8.82. The summed E-state index contributed by atoms with van der Waals surface area (Å²) >= 11 is 3.31. The average molecular weight is 331 g/mol. The molecule has 0 aliphatic rings. The lowest BCUT2D eigenvalue weighted by Crippen LogP contribution is -2.32. The molecule has 0 saturated heterocycles. The number of nitro groups is 1. The second kappa shape index (κ2) is 6.81. The standard InChI is InChI=1S/C12H19BrN4O2/c1-8(2)11(14)4-5-16(3)12-10(13)6-9(7-15-12)17(18)19/h6-8,11H,4-5,14H2,1-3H3. The summed E-state index contributed by atoms with van der Waals surface area (Å²) < 4.78 is 0.613. The van der Waals surface area contributed by atoms with E-state index in [2.05, 4.69) is 34.8 Å². The lowest BCUT2D eigenvalue weighted by Gasteiger charge is -2.22. The number of hydrogen-bond donors (Lipinski definition) is 1. The number of nitrogens with two attached hydrogens (primary N) is 1. The number of rotatable bonds is 6. The molecule has 6 nitrogen and oxygen atoms in total. The summed E-state index contributed by atoms with van der Waals surface area (Å²) in [5, 5.41) is 10.6. The predicted molar refractivity (Wildman–Crippen MR) is 79.3 cm³/mol. The normalized spacial score (nSPS) is 12.5. The fourth-order valence-electron chi connectivity index (χ4n) is 1.58. The maximum absolute atomic E-state index is 10.6. The summed E-state index contributed by atoms with van der Waals surface area (Å²) in [4.78, 5) is 16.2. The van der Waals surface area contributed by atoms with Crippen LogP contribution in [0.2, 0.25) is 0 Å². The highest BCUT2D eigenvalue weighted by Crippen LogP contribution is 2.26. The minimum Gasteiger partial charge on any atom is -0.359 e. The molecule has 0 aliphatic carbocycles. The second-order valence-corrected chi connectivity index (χ2v) is 5.73. The molecule has 0 amide bonds. The fourth-order valence-corrected chi connectivity index (χ4v) is 2.22. The van der Waals surface area contributed by atoms with Crippen LogP contribution in [-0.2, 0) is 0 Å². The van der Waals surface area contributed by atoms with E-state index in [4.69, 9.17) is 5.73 Å². The Hall–Kier alpha value is -1.21. The first-order valence-corrected chi connectivity index (χ1v) is 6.89. The van der Waals surface area contributed by atoms with Crippen LogP contribution in [0.25, 0.3) is 0 Å². The Kier molecular flexibility index (Phi) is 5.68. The molecule has 1 rings (SSSR count). The van der Waals surface area contributed by atoms with E-state index < -0.39 is 4.92 Å². The molecule has 0 bridgehead atoms. The van der Waals surface area contributed by atoms with Gasteiger partial charge in [-0.2, -0.15) is 0 Å². The lowest BCUT2D eigenvalue weighted by molar-refractivity contribution is -0.385. The van der Waals surface area contributed by atoms with E-state index in [-0.39, 0.29) is 11.7 Å². The third-order valence-corrected chi connectivity index (χ3v) is 3.62. The Morgan fingerprint density at radius 2 is 2.21 bits per heavy atom. The van der Waals surface area contributed by atoms with Crippen molar-refractivity contribution < 1.29 is 4.92 Å². The van der Waals surface area contributed by atoms with E-state index >= 15 is 0 Å². The molecule has 0 spiro atoms. The van der Waals surface area contributed by atoms with Gasteiger partial charge in [0.2, 0.25) is 0 Å².